The lowest BCUT2D eigenvalue weighted by Gasteiger charge is -2.25. The third-order valence-electron chi connectivity index (χ3n) is 4.24. The van der Waals surface area contributed by atoms with Crippen LogP contribution in [-0.4, -0.2) is 48.9 Å². The number of nitrogens with zero attached hydrogens (tertiary/aromatic N) is 1. The zero-order valence-electron chi connectivity index (χ0n) is 16.9. The molecule has 27 heavy (non-hydrogen) atoms. The van der Waals surface area contributed by atoms with Crippen LogP contribution in [0.25, 0.3) is 0 Å². The molecule has 0 aliphatic carbocycles. The summed E-state index contributed by atoms with van der Waals surface area (Å²) in [6, 6.07) is 6.23. The monoisotopic (exact) mass is 420 g/mol. The van der Waals surface area contributed by atoms with Crippen molar-refractivity contribution >= 4 is 42.3 Å². The Morgan fingerprint density at radius 1 is 1.07 bits per heavy atom. The van der Waals surface area contributed by atoms with Crippen LogP contribution >= 0.6 is 24.8 Å². The maximum absolute atomic E-state index is 12.1. The minimum atomic E-state index is -0.601. The number of carbonyl (C=O) groups is 2. The summed E-state index contributed by atoms with van der Waals surface area (Å²) in [4.78, 5) is 26.5. The largest absolute Gasteiger partial charge is 0.351 e. The molecule has 0 bridgehead atoms. The molecule has 156 valence electrons. The molecule has 1 aromatic rings. The van der Waals surface area contributed by atoms with E-state index in [-0.39, 0.29) is 42.0 Å². The average Bonchev–Trinajstić information content (AvgIpc) is 2.57. The second-order valence-electron chi connectivity index (χ2n) is 7.19. The Morgan fingerprint density at radius 2 is 1.59 bits per heavy atom. The molecular weight excluding hydrogens is 387 g/mol. The van der Waals surface area contributed by atoms with Crippen LogP contribution in [-0.2, 0) is 4.79 Å². The van der Waals surface area contributed by atoms with E-state index in [4.69, 9.17) is 5.73 Å². The highest BCUT2D eigenvalue weighted by Crippen LogP contribution is 2.19. The van der Waals surface area contributed by atoms with Crippen LogP contribution in [0.15, 0.2) is 24.3 Å². The summed E-state index contributed by atoms with van der Waals surface area (Å²) in [7, 11) is 0. The standard InChI is InChI=1S/C19H32N4O2.2ClH/c1-6-23(7-2)13-12-21-17(24)14-8-10-15(11-9-14)22-18(25)16(20)19(3,4)5;;/h8-11,16H,6-7,12-13,20H2,1-5H3,(H,21,24)(H,22,25);2*1H/t16-;;/m1../s1. The van der Waals surface area contributed by atoms with E-state index >= 15 is 0 Å². The second kappa shape index (κ2) is 12.9. The number of benzene rings is 1. The van der Waals surface area contributed by atoms with Gasteiger partial charge in [-0.25, -0.2) is 0 Å². The summed E-state index contributed by atoms with van der Waals surface area (Å²) in [5, 5.41) is 5.69. The Labute approximate surface area is 175 Å². The Morgan fingerprint density at radius 3 is 2.04 bits per heavy atom. The molecule has 0 saturated carbocycles. The number of rotatable bonds is 8. The predicted molar refractivity (Wildman–Crippen MR) is 117 cm³/mol. The molecule has 0 aliphatic rings. The summed E-state index contributed by atoms with van der Waals surface area (Å²) in [6.45, 7) is 13.3. The van der Waals surface area contributed by atoms with Crippen molar-refractivity contribution in [1.29, 1.82) is 0 Å². The third kappa shape index (κ3) is 9.42. The van der Waals surface area contributed by atoms with Gasteiger partial charge >= 0.3 is 0 Å². The van der Waals surface area contributed by atoms with Crippen molar-refractivity contribution in [1.82, 2.24) is 10.2 Å². The van der Waals surface area contributed by atoms with Gasteiger partial charge in [-0.15, -0.1) is 24.8 Å². The number of halogens is 2. The van der Waals surface area contributed by atoms with Gasteiger partial charge in [-0.3, -0.25) is 9.59 Å². The number of nitrogens with one attached hydrogen (secondary N) is 2. The number of hydrogen-bond acceptors (Lipinski definition) is 4. The highest BCUT2D eigenvalue weighted by molar-refractivity contribution is 5.97. The van der Waals surface area contributed by atoms with E-state index in [1.807, 2.05) is 20.8 Å². The number of nitrogens with two attached hydrogens (primary N) is 1. The summed E-state index contributed by atoms with van der Waals surface area (Å²) in [6.07, 6.45) is 0. The molecule has 0 aliphatic heterocycles. The lowest BCUT2D eigenvalue weighted by Crippen LogP contribution is -2.45. The maximum atomic E-state index is 12.1. The Bertz CT molecular complexity index is 570. The van der Waals surface area contributed by atoms with Gasteiger partial charge in [-0.05, 0) is 42.8 Å². The first-order valence-electron chi connectivity index (χ1n) is 8.86. The van der Waals surface area contributed by atoms with Crippen LogP contribution in [0.5, 0.6) is 0 Å². The van der Waals surface area contributed by atoms with Crippen molar-refractivity contribution in [3.8, 4) is 0 Å². The van der Waals surface area contributed by atoms with E-state index in [1.165, 1.54) is 0 Å². The van der Waals surface area contributed by atoms with Crippen LogP contribution in [0.4, 0.5) is 5.69 Å². The molecule has 2 amide bonds. The number of hydrogen-bond donors (Lipinski definition) is 3. The molecule has 1 aromatic carbocycles. The quantitative estimate of drug-likeness (QED) is 0.602. The van der Waals surface area contributed by atoms with Gasteiger partial charge in [0.1, 0.15) is 0 Å². The molecular formula is C19H34Cl2N4O2. The number of anilines is 1. The molecule has 0 radical (unpaired) electrons. The summed E-state index contributed by atoms with van der Waals surface area (Å²) >= 11 is 0. The van der Waals surface area contributed by atoms with Crippen LogP contribution < -0.4 is 16.4 Å². The number of carbonyl (C=O) groups excluding carboxylic acids is 2. The van der Waals surface area contributed by atoms with Gasteiger partial charge in [0.25, 0.3) is 5.91 Å². The zero-order valence-corrected chi connectivity index (χ0v) is 18.5. The first kappa shape index (κ1) is 27.9. The van der Waals surface area contributed by atoms with Crippen molar-refractivity contribution in [3.05, 3.63) is 29.8 Å². The van der Waals surface area contributed by atoms with E-state index in [9.17, 15) is 9.59 Å². The highest BCUT2D eigenvalue weighted by Gasteiger charge is 2.27. The Hall–Kier alpha value is -1.34. The summed E-state index contributed by atoms with van der Waals surface area (Å²) in [5.74, 6) is -0.347. The molecule has 6 nitrogen and oxygen atoms in total. The zero-order chi connectivity index (χ0) is 19.0. The summed E-state index contributed by atoms with van der Waals surface area (Å²) in [5.41, 5.74) is 6.83. The van der Waals surface area contributed by atoms with E-state index in [0.29, 0.717) is 17.8 Å². The fourth-order valence-corrected chi connectivity index (χ4v) is 2.29. The van der Waals surface area contributed by atoms with Gasteiger partial charge in [0, 0.05) is 24.3 Å². The number of likely N-dealkylation sites (N-methyl/N-ethyl adjacent to an activating group) is 1. The minimum absolute atomic E-state index is 0. The highest BCUT2D eigenvalue weighted by atomic mass is 35.5. The Kier molecular flexibility index (Phi) is 13.4. The van der Waals surface area contributed by atoms with Crippen molar-refractivity contribution in [2.75, 3.05) is 31.5 Å². The molecule has 0 unspecified atom stereocenters. The van der Waals surface area contributed by atoms with Crippen LogP contribution in [0, 0.1) is 5.41 Å². The topological polar surface area (TPSA) is 87.5 Å². The van der Waals surface area contributed by atoms with Gasteiger partial charge in [0.15, 0.2) is 0 Å². The van der Waals surface area contributed by atoms with Crippen LogP contribution in [0.2, 0.25) is 0 Å². The van der Waals surface area contributed by atoms with Crippen LogP contribution in [0.1, 0.15) is 45.0 Å². The van der Waals surface area contributed by atoms with Gasteiger partial charge in [-0.1, -0.05) is 34.6 Å². The van der Waals surface area contributed by atoms with Crippen molar-refractivity contribution in [2.24, 2.45) is 11.1 Å². The van der Waals surface area contributed by atoms with Gasteiger partial charge in [0.2, 0.25) is 5.91 Å². The van der Waals surface area contributed by atoms with Gasteiger partial charge in [0.05, 0.1) is 6.04 Å². The lowest BCUT2D eigenvalue weighted by atomic mass is 9.87. The summed E-state index contributed by atoms with van der Waals surface area (Å²) < 4.78 is 0. The molecule has 1 atom stereocenters. The second-order valence-corrected chi connectivity index (χ2v) is 7.19. The van der Waals surface area contributed by atoms with Gasteiger partial charge < -0.3 is 21.3 Å². The Balaban J connectivity index is 0. The molecule has 0 spiro atoms. The smallest absolute Gasteiger partial charge is 0.251 e. The average molecular weight is 421 g/mol. The van der Waals surface area contributed by atoms with E-state index < -0.39 is 6.04 Å². The van der Waals surface area contributed by atoms with Crippen molar-refractivity contribution in [3.63, 3.8) is 0 Å². The third-order valence-corrected chi connectivity index (χ3v) is 4.24. The van der Waals surface area contributed by atoms with Crippen molar-refractivity contribution in [2.45, 2.75) is 40.7 Å². The SMILES string of the molecule is CCN(CC)CCNC(=O)c1ccc(NC(=O)[C@@H](N)C(C)(C)C)cc1.Cl.Cl. The molecule has 1 rings (SSSR count). The first-order chi connectivity index (χ1) is 11.7. The molecule has 0 aromatic heterocycles. The van der Waals surface area contributed by atoms with E-state index in [0.717, 1.165) is 19.6 Å². The fourth-order valence-electron chi connectivity index (χ4n) is 2.29. The fraction of sp³-hybridized carbons (Fsp3) is 0.579. The van der Waals surface area contributed by atoms with E-state index in [2.05, 4.69) is 29.4 Å². The van der Waals surface area contributed by atoms with Crippen LogP contribution in [0.3, 0.4) is 0 Å². The number of amides is 2. The van der Waals surface area contributed by atoms with E-state index in [1.54, 1.807) is 24.3 Å². The maximum Gasteiger partial charge on any atom is 0.251 e. The minimum Gasteiger partial charge on any atom is -0.351 e. The first-order valence-corrected chi connectivity index (χ1v) is 8.86. The molecule has 0 saturated heterocycles. The molecule has 4 N–H and O–H groups in total. The lowest BCUT2D eigenvalue weighted by molar-refractivity contribution is -0.119. The molecule has 0 heterocycles. The molecule has 8 heteroatoms. The van der Waals surface area contributed by atoms with Gasteiger partial charge in [-0.2, -0.15) is 0 Å². The normalized spacial score (nSPS) is 11.8. The molecule has 0 fully saturated rings. The predicted octanol–water partition coefficient (Wildman–Crippen LogP) is 2.91. The van der Waals surface area contributed by atoms with Crippen molar-refractivity contribution < 1.29 is 9.59 Å².